The van der Waals surface area contributed by atoms with E-state index in [1.54, 1.807) is 37.0 Å². The Morgan fingerprint density at radius 3 is 2.33 bits per heavy atom. The van der Waals surface area contributed by atoms with Gasteiger partial charge in [0, 0.05) is 82.3 Å². The van der Waals surface area contributed by atoms with Crippen LogP contribution in [0.25, 0.3) is 11.0 Å². The molecule has 3 aromatic heterocycles. The largest absolute Gasteiger partial charge is 0.370 e. The zero-order chi connectivity index (χ0) is 43.7. The molecule has 1 spiro atoms. The van der Waals surface area contributed by atoms with Crippen LogP contribution in [0, 0.1) is 18.2 Å². The summed E-state index contributed by atoms with van der Waals surface area (Å²) in [5.74, 6) is 0.361. The van der Waals surface area contributed by atoms with Gasteiger partial charge in [0.2, 0.25) is 24.7 Å². The Morgan fingerprint density at radius 1 is 1.00 bits per heavy atom. The standard InChI is InChI=1S/C41H51FN10O4.C5H12/c1-27(9-14-36(55)45-25-53)50(26-54)22-29-10-12-33(37(42)28(29)2)51-23-41(24-51)15-17-49(18-16-41)32-11-13-35(43-21-32)46-40-44-20-30-19-34(39(56)48(3)4)52(38(30)47-40)31-7-5-6-8-31;1-3-5-4-2/h10-13,19-21,25-27,31H,5-9,14-18,22-24H2,1-4H3,(H,45,53,55)(H,43,44,46,47);3-5H2,1-2H3. The van der Waals surface area contributed by atoms with Crippen molar-refractivity contribution in [3.63, 3.8) is 0 Å². The molecule has 3 aliphatic rings. The minimum Gasteiger partial charge on any atom is -0.370 e. The Morgan fingerprint density at radius 2 is 1.72 bits per heavy atom. The first-order valence-electron chi connectivity index (χ1n) is 22.0. The summed E-state index contributed by atoms with van der Waals surface area (Å²) < 4.78 is 17.9. The van der Waals surface area contributed by atoms with E-state index in [0.717, 1.165) is 93.4 Å². The Balaban J connectivity index is 0.00000118. The second kappa shape index (κ2) is 20.3. The fraction of sp³-hybridized carbons (Fsp3) is 0.543. The van der Waals surface area contributed by atoms with Crippen LogP contribution in [0.3, 0.4) is 0 Å². The third kappa shape index (κ3) is 10.5. The second-order valence-electron chi connectivity index (χ2n) is 17.3. The van der Waals surface area contributed by atoms with E-state index in [0.29, 0.717) is 41.5 Å². The van der Waals surface area contributed by atoms with Crippen molar-refractivity contribution in [2.24, 2.45) is 5.41 Å². The Hall–Kier alpha value is -5.60. The average molecular weight is 839 g/mol. The number of amides is 4. The van der Waals surface area contributed by atoms with Gasteiger partial charge in [-0.3, -0.25) is 24.5 Å². The molecule has 1 aliphatic carbocycles. The third-order valence-corrected chi connectivity index (χ3v) is 12.7. The van der Waals surface area contributed by atoms with Crippen LogP contribution in [0.4, 0.5) is 27.5 Å². The minimum atomic E-state index is -0.399. The van der Waals surface area contributed by atoms with E-state index in [9.17, 15) is 19.2 Å². The van der Waals surface area contributed by atoms with Crippen molar-refractivity contribution < 1.29 is 23.6 Å². The number of rotatable bonds is 16. The van der Waals surface area contributed by atoms with Gasteiger partial charge in [0.25, 0.3) is 5.91 Å². The number of aromatic nitrogens is 4. The smallest absolute Gasteiger partial charge is 0.270 e. The van der Waals surface area contributed by atoms with Gasteiger partial charge in [-0.1, -0.05) is 52.0 Å². The molecular weight excluding hydrogens is 776 g/mol. The van der Waals surface area contributed by atoms with E-state index in [1.165, 1.54) is 19.3 Å². The number of hydrogen-bond acceptors (Lipinski definition) is 10. The minimum absolute atomic E-state index is 0.0407. The summed E-state index contributed by atoms with van der Waals surface area (Å²) >= 11 is 0. The highest BCUT2D eigenvalue weighted by Gasteiger charge is 2.45. The highest BCUT2D eigenvalue weighted by molar-refractivity contribution is 5.98. The van der Waals surface area contributed by atoms with Gasteiger partial charge in [-0.15, -0.1) is 0 Å². The second-order valence-corrected chi connectivity index (χ2v) is 17.3. The van der Waals surface area contributed by atoms with E-state index < -0.39 is 5.91 Å². The molecule has 61 heavy (non-hydrogen) atoms. The number of hydrogen-bond donors (Lipinski definition) is 2. The van der Waals surface area contributed by atoms with Gasteiger partial charge in [0.05, 0.1) is 17.6 Å². The zero-order valence-corrected chi connectivity index (χ0v) is 36.8. The highest BCUT2D eigenvalue weighted by atomic mass is 19.1. The lowest BCUT2D eigenvalue weighted by molar-refractivity contribution is -0.126. The van der Waals surface area contributed by atoms with Gasteiger partial charge < -0.3 is 29.5 Å². The molecule has 4 aromatic rings. The lowest BCUT2D eigenvalue weighted by atomic mass is 9.71. The van der Waals surface area contributed by atoms with Crippen LogP contribution >= 0.6 is 0 Å². The number of unbranched alkanes of at least 4 members (excludes halogenated alkanes) is 2. The molecule has 5 heterocycles. The van der Waals surface area contributed by atoms with Gasteiger partial charge in [0.1, 0.15) is 23.0 Å². The van der Waals surface area contributed by atoms with Gasteiger partial charge in [-0.2, -0.15) is 4.98 Å². The molecule has 7 rings (SSSR count). The van der Waals surface area contributed by atoms with Crippen molar-refractivity contribution in [3.05, 3.63) is 65.4 Å². The van der Waals surface area contributed by atoms with Crippen LogP contribution in [0.15, 0.2) is 42.7 Å². The molecule has 2 aliphatic heterocycles. The number of carbonyl (C=O) groups is 4. The topological polar surface area (TPSA) is 149 Å². The summed E-state index contributed by atoms with van der Waals surface area (Å²) in [7, 11) is 3.54. The lowest BCUT2D eigenvalue weighted by Crippen LogP contribution is -2.60. The molecule has 15 heteroatoms. The van der Waals surface area contributed by atoms with Crippen molar-refractivity contribution in [1.29, 1.82) is 0 Å². The number of halogens is 1. The maximum absolute atomic E-state index is 15.8. The van der Waals surface area contributed by atoms with Crippen molar-refractivity contribution >= 4 is 58.8 Å². The molecule has 1 unspecified atom stereocenters. The number of imide groups is 1. The van der Waals surface area contributed by atoms with Crippen LogP contribution in [-0.4, -0.2) is 100 Å². The zero-order valence-electron chi connectivity index (χ0n) is 36.8. The maximum Gasteiger partial charge on any atom is 0.270 e. The molecule has 1 aromatic carbocycles. The first-order chi connectivity index (χ1) is 29.4. The van der Waals surface area contributed by atoms with Crippen molar-refractivity contribution in [2.45, 2.75) is 117 Å². The molecule has 2 N–H and O–H groups in total. The van der Waals surface area contributed by atoms with E-state index in [1.807, 2.05) is 37.4 Å². The molecule has 0 radical (unpaired) electrons. The summed E-state index contributed by atoms with van der Waals surface area (Å²) in [4.78, 5) is 68.8. The van der Waals surface area contributed by atoms with Gasteiger partial charge in [0.15, 0.2) is 0 Å². The van der Waals surface area contributed by atoms with Gasteiger partial charge >= 0.3 is 0 Å². The number of anilines is 4. The normalized spacial score (nSPS) is 16.4. The first-order valence-corrected chi connectivity index (χ1v) is 22.0. The van der Waals surface area contributed by atoms with E-state index in [4.69, 9.17) is 4.98 Å². The van der Waals surface area contributed by atoms with Crippen LogP contribution in [0.2, 0.25) is 0 Å². The predicted octanol–water partition coefficient (Wildman–Crippen LogP) is 7.54. The van der Waals surface area contributed by atoms with E-state index >= 15 is 4.39 Å². The average Bonchev–Trinajstić information content (AvgIpc) is 3.92. The number of benzene rings is 1. The van der Waals surface area contributed by atoms with Crippen LogP contribution in [0.1, 0.15) is 119 Å². The van der Waals surface area contributed by atoms with Crippen LogP contribution in [0.5, 0.6) is 0 Å². The van der Waals surface area contributed by atoms with Crippen LogP contribution < -0.4 is 20.4 Å². The number of fused-ring (bicyclic) bond motifs is 1. The number of pyridine rings is 1. The maximum atomic E-state index is 15.8. The summed E-state index contributed by atoms with van der Waals surface area (Å²) in [6, 6.07) is 9.57. The Bertz CT molecular complexity index is 2130. The van der Waals surface area contributed by atoms with E-state index in [2.05, 4.69) is 54.9 Å². The summed E-state index contributed by atoms with van der Waals surface area (Å²) in [6.45, 7) is 11.6. The number of nitrogens with zero attached hydrogens (tertiary/aromatic N) is 8. The Kier molecular flexibility index (Phi) is 15.0. The number of nitrogens with one attached hydrogen (secondary N) is 2. The lowest BCUT2D eigenvalue weighted by Gasteiger charge is -2.55. The molecule has 4 amide bonds. The molecule has 0 bridgehead atoms. The fourth-order valence-corrected chi connectivity index (χ4v) is 8.86. The van der Waals surface area contributed by atoms with Crippen molar-refractivity contribution in [2.75, 3.05) is 55.4 Å². The first kappa shape index (κ1) is 44.9. The molecule has 1 atom stereocenters. The SMILES string of the molecule is CCCCC.Cc1c(CN(C=O)C(C)CCC(=O)NC=O)ccc(N2CC3(CCN(c4ccc(Nc5ncc6cc(C(=O)N(C)C)n(C7CCCC7)c6n5)nc4)CC3)C2)c1F. The predicted molar refractivity (Wildman–Crippen MR) is 238 cm³/mol. The molecule has 14 nitrogen and oxygen atoms in total. The van der Waals surface area contributed by atoms with Gasteiger partial charge in [-0.05, 0) is 81.3 Å². The number of piperidine rings is 1. The number of carbonyl (C=O) groups excluding carboxylic acids is 4. The fourth-order valence-electron chi connectivity index (χ4n) is 8.86. The molecule has 3 fully saturated rings. The summed E-state index contributed by atoms with van der Waals surface area (Å²) in [6.07, 6.45) is 15.6. The summed E-state index contributed by atoms with van der Waals surface area (Å²) in [5, 5.41) is 6.21. The highest BCUT2D eigenvalue weighted by Crippen LogP contribution is 2.44. The van der Waals surface area contributed by atoms with Crippen molar-refractivity contribution in [3.8, 4) is 0 Å². The quantitative estimate of drug-likeness (QED) is 0.109. The van der Waals surface area contributed by atoms with Gasteiger partial charge in [-0.25, -0.2) is 14.4 Å². The summed E-state index contributed by atoms with van der Waals surface area (Å²) in [5.41, 5.74) is 4.39. The molecule has 1 saturated carbocycles. The Labute approximate surface area is 359 Å². The van der Waals surface area contributed by atoms with Crippen molar-refractivity contribution in [1.82, 2.24) is 34.6 Å². The molecule has 328 valence electrons. The van der Waals surface area contributed by atoms with E-state index in [-0.39, 0.29) is 42.2 Å². The molecular formula is C46H63FN10O4. The van der Waals surface area contributed by atoms with Crippen LogP contribution in [-0.2, 0) is 20.9 Å². The monoisotopic (exact) mass is 839 g/mol. The molecule has 2 saturated heterocycles. The third-order valence-electron chi connectivity index (χ3n) is 12.7.